The van der Waals surface area contributed by atoms with Crippen LogP contribution in [0.3, 0.4) is 0 Å². The molecule has 34 heavy (non-hydrogen) atoms. The zero-order valence-corrected chi connectivity index (χ0v) is 27.6. The van der Waals surface area contributed by atoms with Gasteiger partial charge >= 0.3 is 41.9 Å². The molecule has 184 valence electrons. The Morgan fingerprint density at radius 3 is 1.74 bits per heavy atom. The smallest absolute Gasteiger partial charge is 0.0632 e. The first-order valence-corrected chi connectivity index (χ1v) is 18.0. The molecule has 0 spiro atoms. The molecule has 1 aliphatic carbocycles. The van der Waals surface area contributed by atoms with Gasteiger partial charge in [-0.3, -0.25) is 0 Å². The van der Waals surface area contributed by atoms with Gasteiger partial charge in [0.05, 0.1) is 0 Å². The summed E-state index contributed by atoms with van der Waals surface area (Å²) >= 11 is 1.74. The molecule has 4 rings (SSSR count). The summed E-state index contributed by atoms with van der Waals surface area (Å²) in [6.07, 6.45) is 1.05. The third-order valence-electron chi connectivity index (χ3n) is 6.30. The van der Waals surface area contributed by atoms with Crippen molar-refractivity contribution < 1.29 is 48.1 Å². The minimum Gasteiger partial charge on any atom is -1.00 e. The van der Waals surface area contributed by atoms with E-state index in [-0.39, 0.29) is 30.2 Å². The van der Waals surface area contributed by atoms with E-state index in [1.54, 1.807) is 23.3 Å². The van der Waals surface area contributed by atoms with E-state index in [4.69, 9.17) is 0 Å². The van der Waals surface area contributed by atoms with Gasteiger partial charge in [0.15, 0.2) is 0 Å². The fourth-order valence-electron chi connectivity index (χ4n) is 3.99. The quantitative estimate of drug-likeness (QED) is 0.249. The molecular formula is C30H40Cl2SiZr-2. The van der Waals surface area contributed by atoms with Gasteiger partial charge in [0.1, 0.15) is 0 Å². The van der Waals surface area contributed by atoms with Crippen LogP contribution in [0.2, 0.25) is 13.1 Å². The largest absolute Gasteiger partial charge is 1.00 e. The second kappa shape index (κ2) is 14.9. The molecule has 0 fully saturated rings. The molecule has 0 atom stereocenters. The summed E-state index contributed by atoms with van der Waals surface area (Å²) < 4.78 is 0. The molecule has 0 bridgehead atoms. The minimum atomic E-state index is 0. The van der Waals surface area contributed by atoms with Crippen LogP contribution < -0.4 is 24.8 Å². The first-order chi connectivity index (χ1) is 14.9. The summed E-state index contributed by atoms with van der Waals surface area (Å²) in [5, 5.41) is 0. The molecule has 0 nitrogen and oxygen atoms in total. The van der Waals surface area contributed by atoms with Crippen molar-refractivity contribution in [2.45, 2.75) is 86.7 Å². The Balaban J connectivity index is 0.000000614. The normalized spacial score (nSPS) is 10.8. The van der Waals surface area contributed by atoms with Gasteiger partial charge < -0.3 is 24.8 Å². The van der Waals surface area contributed by atoms with Gasteiger partial charge in [-0.1, -0.05) is 79.2 Å². The maximum atomic E-state index is 3.62. The molecular weight excluding hydrogens is 551 g/mol. The van der Waals surface area contributed by atoms with Gasteiger partial charge in [0, 0.05) is 0 Å². The summed E-state index contributed by atoms with van der Waals surface area (Å²) in [7, 11) is 0. The molecule has 0 aliphatic heterocycles. The number of hydrogen-bond acceptors (Lipinski definition) is 0. The predicted molar refractivity (Wildman–Crippen MR) is 140 cm³/mol. The van der Waals surface area contributed by atoms with Crippen LogP contribution >= 0.6 is 0 Å². The summed E-state index contributed by atoms with van der Waals surface area (Å²) in [4.78, 5) is 0. The van der Waals surface area contributed by atoms with Gasteiger partial charge in [-0.25, -0.2) is 0 Å². The van der Waals surface area contributed by atoms with Crippen molar-refractivity contribution in [1.29, 1.82) is 0 Å². The maximum Gasteiger partial charge on any atom is -0.0632 e. The zero-order valence-electron chi connectivity index (χ0n) is 22.6. The van der Waals surface area contributed by atoms with E-state index < -0.39 is 0 Å². The Morgan fingerprint density at radius 1 is 0.824 bits per heavy atom. The van der Waals surface area contributed by atoms with Crippen LogP contribution in [0.25, 0.3) is 11.1 Å². The molecule has 0 radical (unpaired) electrons. The monoisotopic (exact) mass is 588 g/mol. The Labute approximate surface area is 236 Å². The second-order valence-electron chi connectivity index (χ2n) is 9.97. The standard InChI is InChI=1S/C19H21.C9H13.C2H6Si.2ClH.Zr/c1-12(2)14-5-7-18-16(9-14)11-17-10-15(13(3)4)6-8-19(17)18;1-6-5-7(2)9(4)8(6)3;1-3-2;;;/h5-9,12-13H,11H2,1-4H3;5H,1-4H3;1-2H3;2*1H;/q2*-1;;;;+2/p-2. The Kier molecular flexibility index (Phi) is 14.7. The Morgan fingerprint density at radius 2 is 1.32 bits per heavy atom. The van der Waals surface area contributed by atoms with Crippen molar-refractivity contribution in [3.63, 3.8) is 0 Å². The van der Waals surface area contributed by atoms with Gasteiger partial charge in [0.2, 0.25) is 0 Å². The second-order valence-corrected chi connectivity index (χ2v) is 19.3. The fourth-order valence-corrected chi connectivity index (χ4v) is 3.99. The molecule has 0 N–H and O–H groups in total. The topological polar surface area (TPSA) is 0 Å². The average Bonchev–Trinajstić information content (AvgIpc) is 3.18. The first kappa shape index (κ1) is 33.5. The van der Waals surface area contributed by atoms with Gasteiger partial charge in [0.25, 0.3) is 0 Å². The molecule has 0 heterocycles. The van der Waals surface area contributed by atoms with Gasteiger partial charge in [-0.2, -0.15) is 52.1 Å². The van der Waals surface area contributed by atoms with Crippen LogP contribution in [0.5, 0.6) is 0 Å². The zero-order chi connectivity index (χ0) is 24.2. The van der Waals surface area contributed by atoms with Crippen LogP contribution in [0.4, 0.5) is 0 Å². The molecule has 4 heteroatoms. The number of hydrogen-bond donors (Lipinski definition) is 0. The van der Waals surface area contributed by atoms with Crippen LogP contribution in [0, 0.1) is 33.8 Å². The van der Waals surface area contributed by atoms with Crippen molar-refractivity contribution >= 4 is 5.43 Å². The fraction of sp³-hybridized carbons (Fsp3) is 0.433. The molecule has 3 aromatic carbocycles. The van der Waals surface area contributed by atoms with Crippen molar-refractivity contribution in [2.75, 3.05) is 0 Å². The Bertz CT molecular complexity index is 1010. The first-order valence-electron chi connectivity index (χ1n) is 11.8. The van der Waals surface area contributed by atoms with E-state index in [9.17, 15) is 0 Å². The summed E-state index contributed by atoms with van der Waals surface area (Å²) in [5.74, 6) is 1.16. The average molecular weight is 591 g/mol. The van der Waals surface area contributed by atoms with Gasteiger partial charge in [-0.15, -0.1) is 11.1 Å². The Hall–Kier alpha value is -0.530. The van der Waals surface area contributed by atoms with Crippen LogP contribution in [-0.4, -0.2) is 5.43 Å². The summed E-state index contributed by atoms with van der Waals surface area (Å²) in [6.45, 7) is 22.3. The summed E-state index contributed by atoms with van der Waals surface area (Å²) in [6, 6.07) is 17.3. The molecule has 0 unspecified atom stereocenters. The molecule has 0 aromatic heterocycles. The third kappa shape index (κ3) is 8.85. The SMILES string of the molecule is CC(C)c1[c-]c2c(cc1)-c1ccc(C(C)C)cc1C2.C[Si](C)=[Zr+2].Cc1[cH-]c(C)c(C)c1C.[Cl-].[Cl-]. The van der Waals surface area contributed by atoms with E-state index in [0.29, 0.717) is 11.8 Å². The number of rotatable bonds is 2. The molecule has 0 saturated heterocycles. The van der Waals surface area contributed by atoms with Crippen LogP contribution in [0.15, 0.2) is 36.4 Å². The van der Waals surface area contributed by atoms with E-state index >= 15 is 0 Å². The number of halogens is 2. The van der Waals surface area contributed by atoms with E-state index in [0.717, 1.165) is 6.42 Å². The van der Waals surface area contributed by atoms with E-state index in [1.807, 2.05) is 0 Å². The van der Waals surface area contributed by atoms with Crippen LogP contribution in [0.1, 0.15) is 84.0 Å². The molecule has 0 saturated carbocycles. The summed E-state index contributed by atoms with van der Waals surface area (Å²) in [5.41, 5.74) is 14.4. The third-order valence-corrected chi connectivity index (χ3v) is 6.30. The van der Waals surface area contributed by atoms with E-state index in [2.05, 4.69) is 111 Å². The minimum absolute atomic E-state index is 0. The van der Waals surface area contributed by atoms with Crippen molar-refractivity contribution in [3.05, 3.63) is 87.0 Å². The van der Waals surface area contributed by atoms with E-state index in [1.165, 1.54) is 55.6 Å². The molecule has 3 aromatic rings. The molecule has 0 amide bonds. The van der Waals surface area contributed by atoms with Crippen molar-refractivity contribution in [3.8, 4) is 11.1 Å². The number of benzene rings is 2. The maximum absolute atomic E-state index is 3.62. The van der Waals surface area contributed by atoms with Crippen molar-refractivity contribution in [1.82, 2.24) is 0 Å². The number of aryl methyl sites for hydroxylation is 2. The van der Waals surface area contributed by atoms with Gasteiger partial charge in [-0.05, 0) is 29.4 Å². The van der Waals surface area contributed by atoms with Crippen LogP contribution in [-0.2, 0) is 29.8 Å². The van der Waals surface area contributed by atoms with Crippen molar-refractivity contribution in [2.24, 2.45) is 0 Å². The molecule has 1 aliphatic rings. The number of fused-ring (bicyclic) bond motifs is 3. The predicted octanol–water partition coefficient (Wildman–Crippen LogP) is 2.74.